The van der Waals surface area contributed by atoms with Gasteiger partial charge in [0.15, 0.2) is 0 Å². The van der Waals surface area contributed by atoms with Crippen LogP contribution < -0.4 is 0 Å². The van der Waals surface area contributed by atoms with E-state index in [1.54, 1.807) is 6.26 Å². The number of allylic oxidation sites excluding steroid dienone is 1. The van der Waals surface area contributed by atoms with E-state index in [1.807, 2.05) is 0 Å². The van der Waals surface area contributed by atoms with Gasteiger partial charge in [0.05, 0.1) is 12.9 Å². The van der Waals surface area contributed by atoms with Gasteiger partial charge >= 0.3 is 5.97 Å². The van der Waals surface area contributed by atoms with Gasteiger partial charge < -0.3 is 9.84 Å². The summed E-state index contributed by atoms with van der Waals surface area (Å²) in [5.41, 5.74) is 1.25. The Morgan fingerprint density at radius 2 is 2.50 bits per heavy atom. The summed E-state index contributed by atoms with van der Waals surface area (Å²) in [6.45, 7) is 0.808. The van der Waals surface area contributed by atoms with E-state index < -0.39 is 5.97 Å². The topological polar surface area (TPSA) is 46.5 Å². The minimum atomic E-state index is -0.715. The summed E-state index contributed by atoms with van der Waals surface area (Å²) in [5.74, 6) is -0.715. The van der Waals surface area contributed by atoms with E-state index in [1.165, 1.54) is 5.57 Å². The summed E-state index contributed by atoms with van der Waals surface area (Å²) in [6, 6.07) is 0. The van der Waals surface area contributed by atoms with Crippen molar-refractivity contribution in [1.82, 2.24) is 0 Å². The van der Waals surface area contributed by atoms with Gasteiger partial charge in [-0.2, -0.15) is 0 Å². The molecule has 12 heavy (non-hydrogen) atoms. The van der Waals surface area contributed by atoms with Crippen LogP contribution in [0.3, 0.4) is 0 Å². The minimum absolute atomic E-state index is 0.261. The van der Waals surface area contributed by atoms with Gasteiger partial charge in [-0.1, -0.05) is 0 Å². The second-order valence-electron chi connectivity index (χ2n) is 3.00. The van der Waals surface area contributed by atoms with Crippen LogP contribution >= 0.6 is 0 Å². The summed E-state index contributed by atoms with van der Waals surface area (Å²) in [4.78, 5) is 10.2. The SMILES string of the molecule is O=C(O)CCCC1=COCCC1. The lowest BCUT2D eigenvalue weighted by molar-refractivity contribution is -0.137. The first-order chi connectivity index (χ1) is 5.79. The van der Waals surface area contributed by atoms with Gasteiger partial charge in [-0.15, -0.1) is 0 Å². The minimum Gasteiger partial charge on any atom is -0.501 e. The zero-order chi connectivity index (χ0) is 8.81. The Morgan fingerprint density at radius 3 is 3.08 bits per heavy atom. The van der Waals surface area contributed by atoms with Gasteiger partial charge in [0.25, 0.3) is 0 Å². The van der Waals surface area contributed by atoms with Gasteiger partial charge in [0.2, 0.25) is 0 Å². The molecule has 3 nitrogen and oxygen atoms in total. The zero-order valence-electron chi connectivity index (χ0n) is 7.08. The van der Waals surface area contributed by atoms with Gasteiger partial charge in [-0.25, -0.2) is 0 Å². The maximum absolute atomic E-state index is 10.2. The first-order valence-corrected chi connectivity index (χ1v) is 4.30. The van der Waals surface area contributed by atoms with Crippen LogP contribution in [0.5, 0.6) is 0 Å². The van der Waals surface area contributed by atoms with E-state index in [9.17, 15) is 4.79 Å². The summed E-state index contributed by atoms with van der Waals surface area (Å²) in [7, 11) is 0. The fourth-order valence-corrected chi connectivity index (χ4v) is 1.27. The maximum Gasteiger partial charge on any atom is 0.303 e. The molecule has 0 amide bonds. The highest BCUT2D eigenvalue weighted by atomic mass is 16.5. The molecule has 0 aromatic carbocycles. The molecule has 1 rings (SSSR count). The van der Waals surface area contributed by atoms with Crippen molar-refractivity contribution in [2.45, 2.75) is 32.1 Å². The van der Waals surface area contributed by atoms with E-state index in [0.717, 1.165) is 32.3 Å². The molecule has 1 aliphatic heterocycles. The molecule has 0 atom stereocenters. The van der Waals surface area contributed by atoms with E-state index in [0.29, 0.717) is 0 Å². The van der Waals surface area contributed by atoms with Crippen LogP contribution in [-0.4, -0.2) is 17.7 Å². The lowest BCUT2D eigenvalue weighted by atomic mass is 10.0. The number of carboxylic acid groups (broad SMARTS) is 1. The van der Waals surface area contributed by atoms with E-state index in [-0.39, 0.29) is 6.42 Å². The third kappa shape index (κ3) is 3.42. The molecular formula is C9H14O3. The molecule has 1 N–H and O–H groups in total. The molecule has 0 fully saturated rings. The molecule has 0 aromatic rings. The lowest BCUT2D eigenvalue weighted by Gasteiger charge is -2.12. The molecule has 0 saturated carbocycles. The number of aliphatic carboxylic acids is 1. The normalized spacial score (nSPS) is 16.5. The van der Waals surface area contributed by atoms with E-state index >= 15 is 0 Å². The quantitative estimate of drug-likeness (QED) is 0.701. The van der Waals surface area contributed by atoms with Crippen LogP contribution in [0.4, 0.5) is 0 Å². The van der Waals surface area contributed by atoms with Crippen molar-refractivity contribution in [1.29, 1.82) is 0 Å². The predicted molar refractivity (Wildman–Crippen MR) is 44.8 cm³/mol. The Hall–Kier alpha value is -0.990. The lowest BCUT2D eigenvalue weighted by Crippen LogP contribution is -2.00. The highest BCUT2D eigenvalue weighted by molar-refractivity contribution is 5.66. The van der Waals surface area contributed by atoms with E-state index in [2.05, 4.69) is 0 Å². The van der Waals surface area contributed by atoms with Crippen LogP contribution in [-0.2, 0) is 9.53 Å². The monoisotopic (exact) mass is 170 g/mol. The standard InChI is InChI=1S/C9H14O3/c10-9(11)5-1-3-8-4-2-6-12-7-8/h7H,1-6H2,(H,10,11). The first kappa shape index (κ1) is 9.10. The van der Waals surface area contributed by atoms with Crippen molar-refractivity contribution in [3.8, 4) is 0 Å². The Labute approximate surface area is 72.0 Å². The summed E-state index contributed by atoms with van der Waals surface area (Å²) in [5, 5.41) is 8.39. The van der Waals surface area contributed by atoms with E-state index in [4.69, 9.17) is 9.84 Å². The molecule has 1 heterocycles. The number of carboxylic acids is 1. The van der Waals surface area contributed by atoms with Crippen molar-refractivity contribution < 1.29 is 14.6 Å². The molecule has 3 heteroatoms. The Morgan fingerprint density at radius 1 is 1.67 bits per heavy atom. The van der Waals surface area contributed by atoms with Gasteiger partial charge in [-0.3, -0.25) is 4.79 Å². The van der Waals surface area contributed by atoms with Crippen molar-refractivity contribution in [3.63, 3.8) is 0 Å². The van der Waals surface area contributed by atoms with Crippen LogP contribution in [0.25, 0.3) is 0 Å². The molecule has 68 valence electrons. The smallest absolute Gasteiger partial charge is 0.303 e. The van der Waals surface area contributed by atoms with Crippen molar-refractivity contribution in [3.05, 3.63) is 11.8 Å². The van der Waals surface area contributed by atoms with Gasteiger partial charge in [0.1, 0.15) is 0 Å². The average Bonchev–Trinajstić information content (AvgIpc) is 2.05. The molecule has 0 aromatic heterocycles. The third-order valence-corrected chi connectivity index (χ3v) is 1.90. The molecule has 0 unspecified atom stereocenters. The van der Waals surface area contributed by atoms with Crippen LogP contribution in [0, 0.1) is 0 Å². The second-order valence-corrected chi connectivity index (χ2v) is 3.00. The third-order valence-electron chi connectivity index (χ3n) is 1.90. The van der Waals surface area contributed by atoms with Crippen LogP contribution in [0.15, 0.2) is 11.8 Å². The van der Waals surface area contributed by atoms with Gasteiger partial charge in [-0.05, 0) is 31.3 Å². The number of hydrogen-bond donors (Lipinski definition) is 1. The fourth-order valence-electron chi connectivity index (χ4n) is 1.27. The number of hydrogen-bond acceptors (Lipinski definition) is 2. The van der Waals surface area contributed by atoms with Gasteiger partial charge in [0, 0.05) is 6.42 Å². The molecule has 0 saturated heterocycles. The first-order valence-electron chi connectivity index (χ1n) is 4.30. The highest BCUT2D eigenvalue weighted by Gasteiger charge is 2.04. The molecular weight excluding hydrogens is 156 g/mol. The van der Waals surface area contributed by atoms with Crippen LogP contribution in [0.1, 0.15) is 32.1 Å². The largest absolute Gasteiger partial charge is 0.501 e. The number of carbonyl (C=O) groups is 1. The fraction of sp³-hybridized carbons (Fsp3) is 0.667. The van der Waals surface area contributed by atoms with Crippen molar-refractivity contribution >= 4 is 5.97 Å². The summed E-state index contributed by atoms with van der Waals surface area (Å²) >= 11 is 0. The number of rotatable bonds is 4. The average molecular weight is 170 g/mol. The number of ether oxygens (including phenoxy) is 1. The molecule has 0 spiro atoms. The van der Waals surface area contributed by atoms with Crippen molar-refractivity contribution in [2.24, 2.45) is 0 Å². The van der Waals surface area contributed by atoms with Crippen molar-refractivity contribution in [2.75, 3.05) is 6.61 Å². The Bertz CT molecular complexity index is 184. The summed E-state index contributed by atoms with van der Waals surface area (Å²) < 4.78 is 5.13. The Balaban J connectivity index is 2.13. The summed E-state index contributed by atoms with van der Waals surface area (Å²) in [6.07, 6.45) is 5.78. The Kier molecular flexibility index (Phi) is 3.64. The molecule has 1 aliphatic rings. The molecule has 0 radical (unpaired) electrons. The predicted octanol–water partition coefficient (Wildman–Crippen LogP) is 1.94. The zero-order valence-corrected chi connectivity index (χ0v) is 7.08. The molecule has 0 bridgehead atoms. The van der Waals surface area contributed by atoms with Crippen LogP contribution in [0.2, 0.25) is 0 Å². The second kappa shape index (κ2) is 4.80. The maximum atomic E-state index is 10.2. The molecule has 0 aliphatic carbocycles. The highest BCUT2D eigenvalue weighted by Crippen LogP contribution is 2.17.